The highest BCUT2D eigenvalue weighted by molar-refractivity contribution is 4.67. The Morgan fingerprint density at radius 3 is 2.50 bits per heavy atom. The lowest BCUT2D eigenvalue weighted by atomic mass is 10.5. The molecule has 0 saturated heterocycles. The van der Waals surface area contributed by atoms with Crippen molar-refractivity contribution in [3.8, 4) is 0 Å². The summed E-state index contributed by atoms with van der Waals surface area (Å²) in [5.74, 6) is 0. The molecule has 0 saturated carbocycles. The van der Waals surface area contributed by atoms with Gasteiger partial charge < -0.3 is 10.0 Å². The molecule has 0 aromatic heterocycles. The molecule has 0 rings (SSSR count). The molecule has 2 nitrogen and oxygen atoms in total. The maximum atomic E-state index is 8.41. The van der Waals surface area contributed by atoms with Crippen molar-refractivity contribution in [1.29, 1.82) is 0 Å². The molecule has 0 aliphatic carbocycles. The van der Waals surface area contributed by atoms with Gasteiger partial charge in [-0.3, -0.25) is 0 Å². The second-order valence-electron chi connectivity index (χ2n) is 1.53. The van der Waals surface area contributed by atoms with Crippen LogP contribution in [-0.2, 0) is 0 Å². The van der Waals surface area contributed by atoms with Gasteiger partial charge in [0.25, 0.3) is 0 Å². The van der Waals surface area contributed by atoms with Gasteiger partial charge in [0.15, 0.2) is 0 Å². The highest BCUT2D eigenvalue weighted by Crippen LogP contribution is 1.83. The van der Waals surface area contributed by atoms with Crippen LogP contribution in [-0.4, -0.2) is 29.7 Å². The largest absolute Gasteiger partial charge is 0.395 e. The predicted molar refractivity (Wildman–Crippen MR) is 34.5 cm³/mol. The van der Waals surface area contributed by atoms with Crippen molar-refractivity contribution in [3.05, 3.63) is 12.8 Å². The van der Waals surface area contributed by atoms with Crippen molar-refractivity contribution in [2.75, 3.05) is 19.7 Å². The number of aliphatic hydroxyl groups excluding tert-OH is 1. The summed E-state index contributed by atoms with van der Waals surface area (Å²) < 4.78 is 0. The van der Waals surface area contributed by atoms with Crippen molar-refractivity contribution in [2.24, 2.45) is 0 Å². The van der Waals surface area contributed by atoms with Crippen LogP contribution >= 0.6 is 0 Å². The van der Waals surface area contributed by atoms with E-state index in [1.165, 1.54) is 0 Å². The fourth-order valence-corrected chi connectivity index (χ4v) is 0.507. The minimum absolute atomic E-state index is 0.208. The lowest BCUT2D eigenvalue weighted by Crippen LogP contribution is -2.19. The van der Waals surface area contributed by atoms with Gasteiger partial charge in [0.2, 0.25) is 0 Å². The summed E-state index contributed by atoms with van der Waals surface area (Å²) in [5, 5.41) is 8.41. The van der Waals surface area contributed by atoms with E-state index in [0.717, 1.165) is 6.54 Å². The third kappa shape index (κ3) is 2.64. The highest BCUT2D eigenvalue weighted by atomic mass is 16.3. The molecule has 0 aliphatic heterocycles. The van der Waals surface area contributed by atoms with Crippen molar-refractivity contribution < 1.29 is 5.11 Å². The average molecular weight is 115 g/mol. The summed E-state index contributed by atoms with van der Waals surface area (Å²) in [6.45, 7) is 7.41. The van der Waals surface area contributed by atoms with Gasteiger partial charge in [-0.15, -0.1) is 0 Å². The lowest BCUT2D eigenvalue weighted by molar-refractivity contribution is 0.241. The van der Waals surface area contributed by atoms with Crippen LogP contribution in [0.1, 0.15) is 6.92 Å². The second kappa shape index (κ2) is 4.65. The summed E-state index contributed by atoms with van der Waals surface area (Å²) in [6, 6.07) is 0. The van der Waals surface area contributed by atoms with Crippen LogP contribution in [0.4, 0.5) is 0 Å². The SMILES string of the molecule is C=CN(CC)CCO. The van der Waals surface area contributed by atoms with Gasteiger partial charge >= 0.3 is 0 Å². The maximum Gasteiger partial charge on any atom is 0.0606 e. The van der Waals surface area contributed by atoms with E-state index in [1.807, 2.05) is 11.8 Å². The smallest absolute Gasteiger partial charge is 0.0606 e. The molecule has 0 fully saturated rings. The minimum atomic E-state index is 0.208. The van der Waals surface area contributed by atoms with Gasteiger partial charge in [0.05, 0.1) is 6.61 Å². The molecule has 0 spiro atoms. The van der Waals surface area contributed by atoms with Crippen LogP contribution in [0.25, 0.3) is 0 Å². The van der Waals surface area contributed by atoms with Gasteiger partial charge in [-0.1, -0.05) is 6.58 Å². The van der Waals surface area contributed by atoms with Gasteiger partial charge in [-0.25, -0.2) is 0 Å². The van der Waals surface area contributed by atoms with Crippen molar-refractivity contribution in [3.63, 3.8) is 0 Å². The third-order valence-corrected chi connectivity index (χ3v) is 1.05. The molecule has 0 radical (unpaired) electrons. The fraction of sp³-hybridized carbons (Fsp3) is 0.667. The molecule has 0 aromatic carbocycles. The van der Waals surface area contributed by atoms with Gasteiger partial charge in [-0.2, -0.15) is 0 Å². The van der Waals surface area contributed by atoms with E-state index in [-0.39, 0.29) is 6.61 Å². The van der Waals surface area contributed by atoms with E-state index in [1.54, 1.807) is 6.20 Å². The molecule has 0 unspecified atom stereocenters. The number of nitrogens with zero attached hydrogens (tertiary/aromatic N) is 1. The minimum Gasteiger partial charge on any atom is -0.395 e. The molecule has 48 valence electrons. The normalized spacial score (nSPS) is 8.75. The number of likely N-dealkylation sites (N-methyl/N-ethyl adjacent to an activating group) is 1. The molecular formula is C6H13NO. The summed E-state index contributed by atoms with van der Waals surface area (Å²) in [6.07, 6.45) is 1.73. The van der Waals surface area contributed by atoms with E-state index in [2.05, 4.69) is 6.58 Å². The van der Waals surface area contributed by atoms with E-state index < -0.39 is 0 Å². The lowest BCUT2D eigenvalue weighted by Gasteiger charge is -2.14. The Kier molecular flexibility index (Phi) is 4.36. The standard InChI is InChI=1S/C6H13NO/c1-3-7(4-2)5-6-8/h3,8H,1,4-6H2,2H3. The topological polar surface area (TPSA) is 23.5 Å². The number of hydrogen-bond donors (Lipinski definition) is 1. The van der Waals surface area contributed by atoms with Gasteiger partial charge in [-0.05, 0) is 13.1 Å². The summed E-state index contributed by atoms with van der Waals surface area (Å²) in [7, 11) is 0. The van der Waals surface area contributed by atoms with E-state index in [9.17, 15) is 0 Å². The van der Waals surface area contributed by atoms with Crippen LogP contribution in [0.2, 0.25) is 0 Å². The van der Waals surface area contributed by atoms with Crippen LogP contribution in [0.15, 0.2) is 12.8 Å². The second-order valence-corrected chi connectivity index (χ2v) is 1.53. The Bertz CT molecular complexity index is 63.5. The van der Waals surface area contributed by atoms with Crippen molar-refractivity contribution >= 4 is 0 Å². The molecule has 1 N–H and O–H groups in total. The first-order valence-corrected chi connectivity index (χ1v) is 2.82. The van der Waals surface area contributed by atoms with Crippen LogP contribution in [0.3, 0.4) is 0 Å². The molecule has 0 aliphatic rings. The van der Waals surface area contributed by atoms with Crippen molar-refractivity contribution in [2.45, 2.75) is 6.92 Å². The number of aliphatic hydroxyl groups is 1. The average Bonchev–Trinajstić information content (AvgIpc) is 1.83. The number of hydrogen-bond acceptors (Lipinski definition) is 2. The monoisotopic (exact) mass is 115 g/mol. The Balaban J connectivity index is 3.21. The molecule has 0 amide bonds. The predicted octanol–water partition coefficient (Wildman–Crippen LogP) is 0.444. The molecule has 2 heteroatoms. The molecular weight excluding hydrogens is 102 g/mol. The molecule has 0 bridgehead atoms. The summed E-state index contributed by atoms with van der Waals surface area (Å²) in [5.41, 5.74) is 0. The first-order valence-electron chi connectivity index (χ1n) is 2.82. The molecule has 0 heterocycles. The van der Waals surface area contributed by atoms with E-state index >= 15 is 0 Å². The molecule has 0 aromatic rings. The first kappa shape index (κ1) is 7.50. The zero-order valence-electron chi connectivity index (χ0n) is 5.30. The van der Waals surface area contributed by atoms with Gasteiger partial charge in [0, 0.05) is 13.1 Å². The van der Waals surface area contributed by atoms with Crippen LogP contribution in [0.5, 0.6) is 0 Å². The highest BCUT2D eigenvalue weighted by Gasteiger charge is 1.88. The number of rotatable bonds is 4. The summed E-state index contributed by atoms with van der Waals surface area (Å²) >= 11 is 0. The Labute approximate surface area is 50.4 Å². The fourth-order valence-electron chi connectivity index (χ4n) is 0.507. The van der Waals surface area contributed by atoms with Gasteiger partial charge in [0.1, 0.15) is 0 Å². The first-order chi connectivity index (χ1) is 3.85. The zero-order valence-corrected chi connectivity index (χ0v) is 5.30. The summed E-state index contributed by atoms with van der Waals surface area (Å²) in [4.78, 5) is 1.94. The Morgan fingerprint density at radius 2 is 2.38 bits per heavy atom. The van der Waals surface area contributed by atoms with Crippen molar-refractivity contribution in [1.82, 2.24) is 4.90 Å². The Hall–Kier alpha value is -0.500. The molecule has 8 heavy (non-hydrogen) atoms. The quantitative estimate of drug-likeness (QED) is 0.575. The van der Waals surface area contributed by atoms with Crippen LogP contribution in [0, 0.1) is 0 Å². The third-order valence-electron chi connectivity index (χ3n) is 1.05. The zero-order chi connectivity index (χ0) is 6.41. The van der Waals surface area contributed by atoms with E-state index in [4.69, 9.17) is 5.11 Å². The Morgan fingerprint density at radius 1 is 1.75 bits per heavy atom. The maximum absolute atomic E-state index is 8.41. The van der Waals surface area contributed by atoms with E-state index in [0.29, 0.717) is 6.54 Å². The van der Waals surface area contributed by atoms with Crippen LogP contribution < -0.4 is 0 Å². The molecule has 0 atom stereocenters.